The fourth-order valence-corrected chi connectivity index (χ4v) is 2.88. The number of carboxylic acid groups (broad SMARTS) is 2. The van der Waals surface area contributed by atoms with Crippen LogP contribution in [-0.2, 0) is 16.0 Å². The first kappa shape index (κ1) is 23.6. The molecule has 3 aromatic rings. The van der Waals surface area contributed by atoms with Crippen LogP contribution in [0.15, 0.2) is 52.9 Å². The van der Waals surface area contributed by atoms with Crippen LogP contribution in [0.1, 0.15) is 41.4 Å². The normalized spacial score (nSPS) is 10.3. The van der Waals surface area contributed by atoms with E-state index in [2.05, 4.69) is 6.92 Å². The number of para-hydroxylation sites is 1. The minimum atomic E-state index is -1.82. The van der Waals surface area contributed by atoms with E-state index in [-0.39, 0.29) is 5.78 Å². The summed E-state index contributed by atoms with van der Waals surface area (Å²) in [5, 5.41) is 15.7. The standard InChI is InChI=1S/C21H23NO3.C2H2O4/c1-2-3-7-19-20(17-6-4-5-8-18(17)25-19)21(23)15-9-11-16(12-10-15)24-14-13-22;3-1(4)2(5)6/h4-6,8-12H,2-3,7,13-14,22H2,1H3;(H,3,4)(H,5,6). The molecular weight excluding hydrogens is 402 g/mol. The van der Waals surface area contributed by atoms with E-state index in [1.807, 2.05) is 24.3 Å². The van der Waals surface area contributed by atoms with Gasteiger partial charge >= 0.3 is 11.9 Å². The highest BCUT2D eigenvalue weighted by Crippen LogP contribution is 2.29. The summed E-state index contributed by atoms with van der Waals surface area (Å²) in [5.41, 5.74) is 7.51. The molecule has 31 heavy (non-hydrogen) atoms. The quantitative estimate of drug-likeness (QED) is 0.366. The first-order valence-electron chi connectivity index (χ1n) is 9.83. The number of aryl methyl sites for hydroxylation is 1. The number of ketones is 1. The Labute approximate surface area is 179 Å². The van der Waals surface area contributed by atoms with Crippen LogP contribution in [-0.4, -0.2) is 41.1 Å². The van der Waals surface area contributed by atoms with E-state index in [1.54, 1.807) is 24.3 Å². The summed E-state index contributed by atoms with van der Waals surface area (Å²) >= 11 is 0. The molecule has 0 bridgehead atoms. The van der Waals surface area contributed by atoms with Gasteiger partial charge in [0.05, 0.1) is 5.56 Å². The summed E-state index contributed by atoms with van der Waals surface area (Å²) < 4.78 is 11.4. The van der Waals surface area contributed by atoms with Gasteiger partial charge in [0.2, 0.25) is 0 Å². The molecule has 0 spiro atoms. The molecule has 0 radical (unpaired) electrons. The number of hydrogen-bond donors (Lipinski definition) is 3. The summed E-state index contributed by atoms with van der Waals surface area (Å²) in [5.74, 6) is -2.17. The van der Waals surface area contributed by atoms with E-state index in [4.69, 9.17) is 34.7 Å². The molecule has 0 aliphatic heterocycles. The number of unbranched alkanes of at least 4 members (excludes halogenated alkanes) is 1. The number of ether oxygens (including phenoxy) is 1. The molecule has 164 valence electrons. The van der Waals surface area contributed by atoms with Crippen molar-refractivity contribution in [2.75, 3.05) is 13.2 Å². The van der Waals surface area contributed by atoms with Crippen molar-refractivity contribution in [1.82, 2.24) is 0 Å². The molecule has 0 aliphatic rings. The highest BCUT2D eigenvalue weighted by atomic mass is 16.5. The summed E-state index contributed by atoms with van der Waals surface area (Å²) in [6.45, 7) is 3.05. The number of furan rings is 1. The second kappa shape index (κ2) is 11.5. The van der Waals surface area contributed by atoms with E-state index in [9.17, 15) is 4.79 Å². The largest absolute Gasteiger partial charge is 0.492 e. The Hall–Kier alpha value is -3.65. The van der Waals surface area contributed by atoms with E-state index < -0.39 is 11.9 Å². The fourth-order valence-electron chi connectivity index (χ4n) is 2.88. The van der Waals surface area contributed by atoms with E-state index >= 15 is 0 Å². The Bertz CT molecular complexity index is 1030. The minimum absolute atomic E-state index is 0.0126. The van der Waals surface area contributed by atoms with Crippen molar-refractivity contribution >= 4 is 28.7 Å². The zero-order valence-electron chi connectivity index (χ0n) is 17.2. The second-order valence-electron chi connectivity index (χ2n) is 6.60. The predicted octanol–water partition coefficient (Wildman–Crippen LogP) is 3.50. The molecule has 0 fully saturated rings. The van der Waals surface area contributed by atoms with Crippen LogP contribution >= 0.6 is 0 Å². The lowest BCUT2D eigenvalue weighted by molar-refractivity contribution is -0.159. The van der Waals surface area contributed by atoms with Crippen LogP contribution < -0.4 is 10.5 Å². The maximum absolute atomic E-state index is 13.1. The van der Waals surface area contributed by atoms with Gasteiger partial charge in [-0.25, -0.2) is 9.59 Å². The summed E-state index contributed by atoms with van der Waals surface area (Å²) in [4.78, 5) is 31.3. The van der Waals surface area contributed by atoms with Crippen molar-refractivity contribution in [1.29, 1.82) is 0 Å². The van der Waals surface area contributed by atoms with Crippen molar-refractivity contribution < 1.29 is 33.8 Å². The molecule has 0 amide bonds. The third-order valence-corrected chi connectivity index (χ3v) is 4.34. The molecule has 4 N–H and O–H groups in total. The lowest BCUT2D eigenvalue weighted by Crippen LogP contribution is -2.10. The number of benzene rings is 2. The Morgan fingerprint density at radius 1 is 1.00 bits per heavy atom. The molecule has 0 unspecified atom stereocenters. The minimum Gasteiger partial charge on any atom is -0.492 e. The van der Waals surface area contributed by atoms with Crippen molar-refractivity contribution in [3.05, 3.63) is 65.4 Å². The van der Waals surface area contributed by atoms with Gasteiger partial charge in [0, 0.05) is 23.9 Å². The van der Waals surface area contributed by atoms with Crippen molar-refractivity contribution in [3.63, 3.8) is 0 Å². The Balaban J connectivity index is 0.000000501. The molecule has 0 saturated carbocycles. The third kappa shape index (κ3) is 6.42. The Morgan fingerprint density at radius 2 is 1.65 bits per heavy atom. The van der Waals surface area contributed by atoms with Gasteiger partial charge in [0.1, 0.15) is 23.7 Å². The number of carbonyl (C=O) groups excluding carboxylic acids is 1. The van der Waals surface area contributed by atoms with Crippen molar-refractivity contribution in [3.8, 4) is 5.75 Å². The summed E-state index contributed by atoms with van der Waals surface area (Å²) in [6.07, 6.45) is 2.81. The topological polar surface area (TPSA) is 140 Å². The zero-order chi connectivity index (χ0) is 22.8. The van der Waals surface area contributed by atoms with Crippen molar-refractivity contribution in [2.24, 2.45) is 5.73 Å². The average molecular weight is 427 g/mol. The summed E-state index contributed by atoms with van der Waals surface area (Å²) in [6, 6.07) is 14.9. The van der Waals surface area contributed by atoms with Crippen LogP contribution in [0.2, 0.25) is 0 Å². The Kier molecular flexibility index (Phi) is 8.78. The monoisotopic (exact) mass is 427 g/mol. The Morgan fingerprint density at radius 3 is 2.23 bits per heavy atom. The molecule has 1 aromatic heterocycles. The first-order chi connectivity index (χ1) is 14.9. The predicted molar refractivity (Wildman–Crippen MR) is 115 cm³/mol. The van der Waals surface area contributed by atoms with Gasteiger partial charge in [-0.15, -0.1) is 0 Å². The SMILES string of the molecule is CCCCc1oc2ccccc2c1C(=O)c1ccc(OCCN)cc1.O=C(O)C(=O)O. The van der Waals surface area contributed by atoms with Crippen LogP contribution in [0, 0.1) is 0 Å². The van der Waals surface area contributed by atoms with E-state index in [0.717, 1.165) is 36.0 Å². The molecule has 1 heterocycles. The van der Waals surface area contributed by atoms with E-state index in [1.165, 1.54) is 0 Å². The number of hydrogen-bond acceptors (Lipinski definition) is 6. The molecule has 0 atom stereocenters. The molecule has 0 saturated heterocycles. The highest BCUT2D eigenvalue weighted by Gasteiger charge is 2.21. The van der Waals surface area contributed by atoms with Gasteiger partial charge < -0.3 is 25.1 Å². The van der Waals surface area contributed by atoms with Crippen LogP contribution in [0.25, 0.3) is 11.0 Å². The number of carboxylic acids is 2. The molecular formula is C23H25NO7. The lowest BCUT2D eigenvalue weighted by Gasteiger charge is -2.06. The highest BCUT2D eigenvalue weighted by molar-refractivity contribution is 6.27. The molecule has 3 rings (SSSR count). The van der Waals surface area contributed by atoms with Crippen molar-refractivity contribution in [2.45, 2.75) is 26.2 Å². The van der Waals surface area contributed by atoms with Crippen LogP contribution in [0.4, 0.5) is 0 Å². The maximum Gasteiger partial charge on any atom is 0.414 e. The summed E-state index contributed by atoms with van der Waals surface area (Å²) in [7, 11) is 0. The van der Waals surface area contributed by atoms with Crippen LogP contribution in [0.5, 0.6) is 5.75 Å². The second-order valence-corrected chi connectivity index (χ2v) is 6.60. The number of fused-ring (bicyclic) bond motifs is 1. The van der Waals surface area contributed by atoms with Gasteiger partial charge in [0.25, 0.3) is 0 Å². The van der Waals surface area contributed by atoms with Gasteiger partial charge in [-0.3, -0.25) is 4.79 Å². The number of carbonyl (C=O) groups is 3. The zero-order valence-corrected chi connectivity index (χ0v) is 17.2. The molecule has 0 aliphatic carbocycles. The molecule has 8 nitrogen and oxygen atoms in total. The number of rotatable bonds is 8. The third-order valence-electron chi connectivity index (χ3n) is 4.34. The maximum atomic E-state index is 13.1. The first-order valence-corrected chi connectivity index (χ1v) is 9.83. The molecule has 2 aromatic carbocycles. The molecule has 8 heteroatoms. The fraction of sp³-hybridized carbons (Fsp3) is 0.261. The van der Waals surface area contributed by atoms with E-state index in [0.29, 0.717) is 30.0 Å². The van der Waals surface area contributed by atoms with Gasteiger partial charge in [-0.2, -0.15) is 0 Å². The van der Waals surface area contributed by atoms with Gasteiger partial charge in [-0.05, 0) is 36.8 Å². The number of nitrogens with two attached hydrogens (primary N) is 1. The number of aliphatic carboxylic acids is 2. The lowest BCUT2D eigenvalue weighted by atomic mass is 9.98. The van der Waals surface area contributed by atoms with Crippen LogP contribution in [0.3, 0.4) is 0 Å². The smallest absolute Gasteiger partial charge is 0.414 e. The van der Waals surface area contributed by atoms with Gasteiger partial charge in [0.15, 0.2) is 5.78 Å². The van der Waals surface area contributed by atoms with Gasteiger partial charge in [-0.1, -0.05) is 31.5 Å². The average Bonchev–Trinajstić information content (AvgIpc) is 3.14.